The molecule has 0 unspecified atom stereocenters. The van der Waals surface area contributed by atoms with Crippen LogP contribution in [0.15, 0.2) is 49.1 Å². The Kier molecular flexibility index (Phi) is 5.75. The first-order chi connectivity index (χ1) is 12.2. The van der Waals surface area contributed by atoms with Crippen LogP contribution in [0.4, 0.5) is 15.8 Å². The third-order valence-corrected chi connectivity index (χ3v) is 4.77. The van der Waals surface area contributed by atoms with Gasteiger partial charge in [-0.2, -0.15) is 0 Å². The Morgan fingerprint density at radius 1 is 1.28 bits per heavy atom. The van der Waals surface area contributed by atoms with Crippen molar-refractivity contribution in [1.29, 1.82) is 0 Å². The summed E-state index contributed by atoms with van der Waals surface area (Å²) >= 11 is 0. The van der Waals surface area contributed by atoms with Gasteiger partial charge in [0, 0.05) is 19.6 Å². The second kappa shape index (κ2) is 8.19. The van der Waals surface area contributed by atoms with Crippen molar-refractivity contribution in [3.05, 3.63) is 71.6 Å². The Labute approximate surface area is 150 Å². The lowest BCUT2D eigenvalue weighted by atomic mass is 10.00. The molecule has 1 N–H and O–H groups in total. The van der Waals surface area contributed by atoms with E-state index in [-0.39, 0.29) is 5.82 Å². The van der Waals surface area contributed by atoms with Gasteiger partial charge in [-0.25, -0.2) is 4.39 Å². The van der Waals surface area contributed by atoms with Crippen LogP contribution in [-0.2, 0) is 19.4 Å². The van der Waals surface area contributed by atoms with E-state index in [0.717, 1.165) is 37.2 Å². The minimum absolute atomic E-state index is 0.151. The molecule has 0 saturated heterocycles. The number of benzene rings is 2. The maximum Gasteiger partial charge on any atom is 0.127 e. The maximum atomic E-state index is 14.1. The zero-order chi connectivity index (χ0) is 17.6. The first-order valence-corrected chi connectivity index (χ1v) is 9.21. The molecular weight excluding hydrogens is 311 g/mol. The third-order valence-electron chi connectivity index (χ3n) is 4.77. The smallest absolute Gasteiger partial charge is 0.127 e. The zero-order valence-corrected chi connectivity index (χ0v) is 15.0. The summed E-state index contributed by atoms with van der Waals surface area (Å²) in [6.07, 6.45) is 5.79. The lowest BCUT2D eigenvalue weighted by Gasteiger charge is -2.33. The van der Waals surface area contributed by atoms with Gasteiger partial charge in [-0.1, -0.05) is 37.3 Å². The second-order valence-corrected chi connectivity index (χ2v) is 6.68. The van der Waals surface area contributed by atoms with Crippen LogP contribution in [0.5, 0.6) is 0 Å². The van der Waals surface area contributed by atoms with Gasteiger partial charge in [-0.3, -0.25) is 0 Å². The van der Waals surface area contributed by atoms with Gasteiger partial charge < -0.3 is 10.2 Å². The molecule has 2 aromatic rings. The average molecular weight is 338 g/mol. The maximum absolute atomic E-state index is 14.1. The van der Waals surface area contributed by atoms with E-state index in [1.807, 2.05) is 12.1 Å². The van der Waals surface area contributed by atoms with Gasteiger partial charge in [0.1, 0.15) is 5.82 Å². The van der Waals surface area contributed by atoms with Crippen molar-refractivity contribution in [1.82, 2.24) is 0 Å². The largest absolute Gasteiger partial charge is 0.379 e. The van der Waals surface area contributed by atoms with Crippen LogP contribution in [0.1, 0.15) is 36.5 Å². The number of rotatable bonds is 7. The molecule has 0 atom stereocenters. The van der Waals surface area contributed by atoms with Crippen molar-refractivity contribution < 1.29 is 4.39 Å². The van der Waals surface area contributed by atoms with Gasteiger partial charge in [-0.05, 0) is 54.5 Å². The lowest BCUT2D eigenvalue weighted by Crippen LogP contribution is -2.30. The zero-order valence-electron chi connectivity index (χ0n) is 15.0. The first-order valence-electron chi connectivity index (χ1n) is 9.21. The quantitative estimate of drug-likeness (QED) is 0.687. The van der Waals surface area contributed by atoms with E-state index >= 15 is 0 Å². The van der Waals surface area contributed by atoms with E-state index in [2.05, 4.69) is 41.9 Å². The van der Waals surface area contributed by atoms with E-state index in [0.29, 0.717) is 18.5 Å². The summed E-state index contributed by atoms with van der Waals surface area (Å²) in [6, 6.07) is 12.0. The van der Waals surface area contributed by atoms with Gasteiger partial charge in [0.05, 0.1) is 11.4 Å². The van der Waals surface area contributed by atoms with E-state index in [9.17, 15) is 4.39 Å². The Balaban J connectivity index is 1.78. The standard InChI is InChI=1S/C22H27FN2/c1-3-7-18-12-11-17(15-20(18)23)16-24-21-10-5-8-19-9-6-14-25(13-4-2)22(19)21/h3,5,8,10-12,15,24H,1,4,6-7,9,13-14,16H2,2H3. The van der Waals surface area contributed by atoms with E-state index in [1.165, 1.54) is 17.7 Å². The monoisotopic (exact) mass is 338 g/mol. The molecule has 2 aromatic carbocycles. The molecule has 3 rings (SSSR count). The van der Waals surface area contributed by atoms with E-state index in [1.54, 1.807) is 12.1 Å². The number of aryl methyl sites for hydroxylation is 1. The molecule has 1 heterocycles. The summed E-state index contributed by atoms with van der Waals surface area (Å²) in [5.74, 6) is -0.151. The van der Waals surface area contributed by atoms with Crippen molar-refractivity contribution in [3.63, 3.8) is 0 Å². The molecule has 0 saturated carbocycles. The summed E-state index contributed by atoms with van der Waals surface area (Å²) in [5.41, 5.74) is 5.56. The summed E-state index contributed by atoms with van der Waals surface area (Å²) in [4.78, 5) is 2.48. The van der Waals surface area contributed by atoms with Crippen LogP contribution in [0, 0.1) is 5.82 Å². The first kappa shape index (κ1) is 17.5. The van der Waals surface area contributed by atoms with Crippen LogP contribution in [-0.4, -0.2) is 13.1 Å². The summed E-state index contributed by atoms with van der Waals surface area (Å²) in [6.45, 7) is 8.72. The molecule has 0 radical (unpaired) electrons. The number of allylic oxidation sites excluding steroid dienone is 1. The lowest BCUT2D eigenvalue weighted by molar-refractivity contribution is 0.613. The number of para-hydroxylation sites is 1. The molecule has 2 nitrogen and oxygen atoms in total. The highest BCUT2D eigenvalue weighted by atomic mass is 19.1. The summed E-state index contributed by atoms with van der Waals surface area (Å²) in [7, 11) is 0. The Bertz CT molecular complexity index is 739. The Hall–Kier alpha value is -2.29. The van der Waals surface area contributed by atoms with Crippen molar-refractivity contribution in [2.45, 2.75) is 39.2 Å². The van der Waals surface area contributed by atoms with Crippen molar-refractivity contribution in [3.8, 4) is 0 Å². The third kappa shape index (κ3) is 4.04. The molecule has 0 aliphatic carbocycles. The molecule has 0 amide bonds. The normalized spacial score (nSPS) is 13.4. The predicted octanol–water partition coefficient (Wildman–Crippen LogP) is 5.33. The van der Waals surface area contributed by atoms with Crippen LogP contribution in [0.2, 0.25) is 0 Å². The van der Waals surface area contributed by atoms with Crippen LogP contribution >= 0.6 is 0 Å². The Morgan fingerprint density at radius 3 is 2.92 bits per heavy atom. The summed E-state index contributed by atoms with van der Waals surface area (Å²) < 4.78 is 14.1. The highest BCUT2D eigenvalue weighted by Gasteiger charge is 2.19. The molecule has 3 heteroatoms. The predicted molar refractivity (Wildman–Crippen MR) is 105 cm³/mol. The highest BCUT2D eigenvalue weighted by molar-refractivity contribution is 5.74. The number of anilines is 2. The fourth-order valence-corrected chi connectivity index (χ4v) is 3.59. The van der Waals surface area contributed by atoms with Crippen molar-refractivity contribution in [2.75, 3.05) is 23.3 Å². The summed E-state index contributed by atoms with van der Waals surface area (Å²) in [5, 5.41) is 3.53. The molecule has 0 fully saturated rings. The second-order valence-electron chi connectivity index (χ2n) is 6.68. The molecule has 25 heavy (non-hydrogen) atoms. The van der Waals surface area contributed by atoms with Gasteiger partial charge in [-0.15, -0.1) is 6.58 Å². The van der Waals surface area contributed by atoms with Crippen molar-refractivity contribution >= 4 is 11.4 Å². The molecule has 132 valence electrons. The SMILES string of the molecule is C=CCc1ccc(CNc2cccc3c2N(CCC)CCC3)cc1F. The van der Waals surface area contributed by atoms with Gasteiger partial charge >= 0.3 is 0 Å². The number of nitrogens with one attached hydrogen (secondary N) is 1. The minimum Gasteiger partial charge on any atom is -0.379 e. The molecule has 1 aliphatic rings. The highest BCUT2D eigenvalue weighted by Crippen LogP contribution is 2.35. The van der Waals surface area contributed by atoms with Gasteiger partial charge in [0.25, 0.3) is 0 Å². The van der Waals surface area contributed by atoms with Crippen LogP contribution in [0.25, 0.3) is 0 Å². The topological polar surface area (TPSA) is 15.3 Å². The Morgan fingerprint density at radius 2 is 2.16 bits per heavy atom. The van der Waals surface area contributed by atoms with Crippen LogP contribution in [0.3, 0.4) is 0 Å². The van der Waals surface area contributed by atoms with Gasteiger partial charge in [0.15, 0.2) is 0 Å². The number of hydrogen-bond donors (Lipinski definition) is 1. The molecule has 1 aliphatic heterocycles. The number of hydrogen-bond acceptors (Lipinski definition) is 2. The number of halogens is 1. The number of nitrogens with zero attached hydrogens (tertiary/aromatic N) is 1. The average Bonchev–Trinajstić information content (AvgIpc) is 2.62. The van der Waals surface area contributed by atoms with Crippen molar-refractivity contribution in [2.24, 2.45) is 0 Å². The fourth-order valence-electron chi connectivity index (χ4n) is 3.59. The molecular formula is C22H27FN2. The van der Waals surface area contributed by atoms with Crippen LogP contribution < -0.4 is 10.2 Å². The molecule has 0 bridgehead atoms. The molecule has 0 aromatic heterocycles. The van der Waals surface area contributed by atoms with E-state index < -0.39 is 0 Å². The van der Waals surface area contributed by atoms with E-state index in [4.69, 9.17) is 0 Å². The van der Waals surface area contributed by atoms with Gasteiger partial charge in [0.2, 0.25) is 0 Å². The minimum atomic E-state index is -0.151. The molecule has 0 spiro atoms. The number of fused-ring (bicyclic) bond motifs is 1. The fraction of sp³-hybridized carbons (Fsp3) is 0.364.